The number of hydrogen-bond donors (Lipinski definition) is 1. The lowest BCUT2D eigenvalue weighted by Gasteiger charge is -2.05. The fourth-order valence-corrected chi connectivity index (χ4v) is 1.59. The molecule has 3 heteroatoms. The second kappa shape index (κ2) is 4.37. The van der Waals surface area contributed by atoms with E-state index in [4.69, 9.17) is 0 Å². The highest BCUT2D eigenvalue weighted by Gasteiger charge is 2.13. The van der Waals surface area contributed by atoms with Gasteiger partial charge in [-0.25, -0.2) is 4.39 Å². The number of carbonyl (C=O) groups excluding carboxylic acids is 1. The van der Waals surface area contributed by atoms with E-state index < -0.39 is 5.82 Å². The minimum absolute atomic E-state index is 0.0649. The summed E-state index contributed by atoms with van der Waals surface area (Å²) >= 11 is 0. The summed E-state index contributed by atoms with van der Waals surface area (Å²) in [7, 11) is 0. The predicted octanol–water partition coefficient (Wildman–Crippen LogP) is 3.07. The number of aryl methyl sites for hydroxylation is 1. The molecule has 2 nitrogen and oxygen atoms in total. The third kappa shape index (κ3) is 2.33. The van der Waals surface area contributed by atoms with Gasteiger partial charge in [0, 0.05) is 5.56 Å². The largest absolute Gasteiger partial charge is 0.507 e. The molecule has 0 aromatic heterocycles. The van der Waals surface area contributed by atoms with Crippen LogP contribution in [0.15, 0.2) is 42.5 Å². The molecule has 0 unspecified atom stereocenters. The maximum absolute atomic E-state index is 12.7. The van der Waals surface area contributed by atoms with E-state index in [-0.39, 0.29) is 17.1 Å². The van der Waals surface area contributed by atoms with Gasteiger partial charge in [0.2, 0.25) is 0 Å². The zero-order valence-electron chi connectivity index (χ0n) is 9.27. The normalized spacial score (nSPS) is 10.2. The molecule has 1 N–H and O–H groups in total. The number of phenolic OH excluding ortho intramolecular Hbond substituents is 1. The lowest BCUT2D eigenvalue weighted by molar-refractivity contribution is 0.103. The summed E-state index contributed by atoms with van der Waals surface area (Å²) in [5.74, 6) is -0.772. The van der Waals surface area contributed by atoms with Crippen molar-refractivity contribution in [3.63, 3.8) is 0 Å². The first kappa shape index (κ1) is 11.3. The number of aromatic hydroxyl groups is 1. The Balaban J connectivity index is 2.43. The molecule has 0 aliphatic carbocycles. The Bertz CT molecular complexity index is 559. The fourth-order valence-electron chi connectivity index (χ4n) is 1.59. The van der Waals surface area contributed by atoms with Crippen LogP contribution < -0.4 is 0 Å². The molecule has 2 aromatic rings. The number of ketones is 1. The van der Waals surface area contributed by atoms with E-state index in [0.29, 0.717) is 5.56 Å². The van der Waals surface area contributed by atoms with Crippen LogP contribution in [0.4, 0.5) is 4.39 Å². The number of phenols is 1. The number of halogens is 1. The molecule has 0 fully saturated rings. The van der Waals surface area contributed by atoms with Gasteiger partial charge in [-0.1, -0.05) is 11.6 Å². The van der Waals surface area contributed by atoms with Gasteiger partial charge in [-0.3, -0.25) is 4.79 Å². The fraction of sp³-hybridized carbons (Fsp3) is 0.0714. The minimum atomic E-state index is -0.394. The first-order chi connectivity index (χ1) is 8.08. The molecule has 0 spiro atoms. The molecule has 0 atom stereocenters. The van der Waals surface area contributed by atoms with Crippen LogP contribution in [0.2, 0.25) is 0 Å². The average Bonchev–Trinajstić information content (AvgIpc) is 2.32. The van der Waals surface area contributed by atoms with Crippen molar-refractivity contribution in [2.75, 3.05) is 0 Å². The number of rotatable bonds is 2. The molecule has 0 amide bonds. The molecule has 0 radical (unpaired) electrons. The smallest absolute Gasteiger partial charge is 0.196 e. The monoisotopic (exact) mass is 230 g/mol. The average molecular weight is 230 g/mol. The quantitative estimate of drug-likeness (QED) is 0.805. The van der Waals surface area contributed by atoms with E-state index >= 15 is 0 Å². The molecule has 2 aromatic carbocycles. The molecular formula is C14H11FO2. The third-order valence-electron chi connectivity index (χ3n) is 2.50. The van der Waals surface area contributed by atoms with Crippen molar-refractivity contribution in [2.45, 2.75) is 6.92 Å². The van der Waals surface area contributed by atoms with E-state index in [0.717, 1.165) is 5.56 Å². The standard InChI is InChI=1S/C14H11FO2/c1-9-2-7-13(16)12(8-9)14(17)10-3-5-11(15)6-4-10/h2-8,16H,1H3. The second-order valence-corrected chi connectivity index (χ2v) is 3.86. The first-order valence-electron chi connectivity index (χ1n) is 5.18. The van der Waals surface area contributed by atoms with Crippen molar-refractivity contribution in [2.24, 2.45) is 0 Å². The van der Waals surface area contributed by atoms with Crippen LogP contribution in [0.25, 0.3) is 0 Å². The zero-order chi connectivity index (χ0) is 12.4. The molecule has 2 rings (SSSR count). The Hall–Kier alpha value is -2.16. The molecular weight excluding hydrogens is 219 g/mol. The number of hydrogen-bond acceptors (Lipinski definition) is 2. The molecule has 17 heavy (non-hydrogen) atoms. The van der Waals surface area contributed by atoms with Crippen LogP contribution in [-0.2, 0) is 0 Å². The van der Waals surface area contributed by atoms with Gasteiger partial charge < -0.3 is 5.11 Å². The minimum Gasteiger partial charge on any atom is -0.507 e. The van der Waals surface area contributed by atoms with Crippen LogP contribution in [0.1, 0.15) is 21.5 Å². The maximum Gasteiger partial charge on any atom is 0.196 e. The summed E-state index contributed by atoms with van der Waals surface area (Å²) in [5, 5.41) is 9.63. The Labute approximate surface area is 98.3 Å². The van der Waals surface area contributed by atoms with Crippen LogP contribution in [-0.4, -0.2) is 10.9 Å². The van der Waals surface area contributed by atoms with Crippen molar-refractivity contribution in [3.05, 3.63) is 65.0 Å². The summed E-state index contributed by atoms with van der Waals surface area (Å²) in [4.78, 5) is 12.0. The van der Waals surface area contributed by atoms with E-state index in [1.807, 2.05) is 6.92 Å². The van der Waals surface area contributed by atoms with Crippen molar-refractivity contribution < 1.29 is 14.3 Å². The van der Waals surface area contributed by atoms with Gasteiger partial charge in [0.25, 0.3) is 0 Å². The third-order valence-corrected chi connectivity index (χ3v) is 2.50. The van der Waals surface area contributed by atoms with Crippen LogP contribution in [0.5, 0.6) is 5.75 Å². The lowest BCUT2D eigenvalue weighted by atomic mass is 10.0. The summed E-state index contributed by atoms with van der Waals surface area (Å²) in [6, 6.07) is 10.1. The lowest BCUT2D eigenvalue weighted by Crippen LogP contribution is -2.02. The van der Waals surface area contributed by atoms with Crippen molar-refractivity contribution >= 4 is 5.78 Å². The van der Waals surface area contributed by atoms with Gasteiger partial charge in [-0.2, -0.15) is 0 Å². The number of benzene rings is 2. The van der Waals surface area contributed by atoms with E-state index in [9.17, 15) is 14.3 Å². The van der Waals surface area contributed by atoms with Gasteiger partial charge >= 0.3 is 0 Å². The van der Waals surface area contributed by atoms with Crippen molar-refractivity contribution in [1.29, 1.82) is 0 Å². The second-order valence-electron chi connectivity index (χ2n) is 3.86. The highest BCUT2D eigenvalue weighted by Crippen LogP contribution is 2.21. The summed E-state index contributed by atoms with van der Waals surface area (Å²) in [5.41, 5.74) is 1.47. The van der Waals surface area contributed by atoms with E-state index in [1.54, 1.807) is 12.1 Å². The van der Waals surface area contributed by atoms with E-state index in [1.165, 1.54) is 30.3 Å². The SMILES string of the molecule is Cc1ccc(O)c(C(=O)c2ccc(F)cc2)c1. The predicted molar refractivity (Wildman–Crippen MR) is 62.7 cm³/mol. The molecule has 0 aliphatic rings. The molecule has 0 aliphatic heterocycles. The first-order valence-corrected chi connectivity index (χ1v) is 5.18. The zero-order valence-corrected chi connectivity index (χ0v) is 9.27. The summed E-state index contributed by atoms with van der Waals surface area (Å²) in [6.07, 6.45) is 0. The Morgan fingerprint density at radius 1 is 1.12 bits per heavy atom. The van der Waals surface area contributed by atoms with Crippen molar-refractivity contribution in [1.82, 2.24) is 0 Å². The van der Waals surface area contributed by atoms with Gasteiger partial charge in [0.05, 0.1) is 5.56 Å². The Kier molecular flexibility index (Phi) is 2.91. The van der Waals surface area contributed by atoms with Crippen LogP contribution in [0.3, 0.4) is 0 Å². The highest BCUT2D eigenvalue weighted by molar-refractivity contribution is 6.10. The van der Waals surface area contributed by atoms with Gasteiger partial charge in [-0.05, 0) is 43.3 Å². The molecule has 0 bridgehead atoms. The highest BCUT2D eigenvalue weighted by atomic mass is 19.1. The summed E-state index contributed by atoms with van der Waals surface area (Å²) in [6.45, 7) is 1.83. The van der Waals surface area contributed by atoms with Gasteiger partial charge in [-0.15, -0.1) is 0 Å². The Morgan fingerprint density at radius 2 is 1.76 bits per heavy atom. The number of carbonyl (C=O) groups is 1. The van der Waals surface area contributed by atoms with Gasteiger partial charge in [0.15, 0.2) is 5.78 Å². The van der Waals surface area contributed by atoms with Crippen molar-refractivity contribution in [3.8, 4) is 5.75 Å². The van der Waals surface area contributed by atoms with Gasteiger partial charge in [0.1, 0.15) is 11.6 Å². The van der Waals surface area contributed by atoms with Crippen LogP contribution in [0, 0.1) is 12.7 Å². The van der Waals surface area contributed by atoms with Crippen LogP contribution >= 0.6 is 0 Å². The Morgan fingerprint density at radius 3 is 2.41 bits per heavy atom. The maximum atomic E-state index is 12.7. The molecule has 86 valence electrons. The molecule has 0 saturated carbocycles. The molecule has 0 saturated heterocycles. The topological polar surface area (TPSA) is 37.3 Å². The summed E-state index contributed by atoms with van der Waals surface area (Å²) < 4.78 is 12.7. The van der Waals surface area contributed by atoms with E-state index in [2.05, 4.69) is 0 Å². The molecule has 0 heterocycles.